The lowest BCUT2D eigenvalue weighted by molar-refractivity contribution is -0.137. The van der Waals surface area contributed by atoms with E-state index in [0.29, 0.717) is 12.3 Å². The van der Waals surface area contributed by atoms with Gasteiger partial charge in [-0.25, -0.2) is 9.59 Å². The molecule has 1 aromatic rings. The van der Waals surface area contributed by atoms with Crippen LogP contribution in [0, 0.1) is 0 Å². The number of anilines is 1. The highest BCUT2D eigenvalue weighted by molar-refractivity contribution is 5.94. The summed E-state index contributed by atoms with van der Waals surface area (Å²) in [5.41, 5.74) is 1.43. The number of carbonyl (C=O) groups excluding carboxylic acids is 2. The van der Waals surface area contributed by atoms with E-state index in [0.717, 1.165) is 18.4 Å². The van der Waals surface area contributed by atoms with E-state index in [1.54, 1.807) is 13.0 Å². The molecule has 5 nitrogen and oxygen atoms in total. The summed E-state index contributed by atoms with van der Waals surface area (Å²) in [4.78, 5) is 23.5. The van der Waals surface area contributed by atoms with E-state index in [2.05, 4.69) is 10.6 Å². The van der Waals surface area contributed by atoms with Crippen molar-refractivity contribution in [3.63, 3.8) is 0 Å². The SMILES string of the molecule is CCOC(=O)/C=C/c1ccccc1NC(=O)NC1CCCCC1. The van der Waals surface area contributed by atoms with E-state index >= 15 is 0 Å². The smallest absolute Gasteiger partial charge is 0.330 e. The molecule has 1 saturated carbocycles. The van der Waals surface area contributed by atoms with E-state index < -0.39 is 5.97 Å². The number of esters is 1. The molecule has 1 aliphatic rings. The highest BCUT2D eigenvalue weighted by atomic mass is 16.5. The Balaban J connectivity index is 1.96. The van der Waals surface area contributed by atoms with Gasteiger partial charge in [0.2, 0.25) is 0 Å². The van der Waals surface area contributed by atoms with Gasteiger partial charge in [0.15, 0.2) is 0 Å². The molecular formula is C18H24N2O3. The van der Waals surface area contributed by atoms with Crippen LogP contribution in [0.5, 0.6) is 0 Å². The Morgan fingerprint density at radius 3 is 2.70 bits per heavy atom. The zero-order valence-electron chi connectivity index (χ0n) is 13.5. The third kappa shape index (κ3) is 5.77. The van der Waals surface area contributed by atoms with Gasteiger partial charge < -0.3 is 15.4 Å². The van der Waals surface area contributed by atoms with Crippen LogP contribution in [0.1, 0.15) is 44.6 Å². The van der Waals surface area contributed by atoms with E-state index in [1.165, 1.54) is 25.3 Å². The second-order valence-corrected chi connectivity index (χ2v) is 5.61. The van der Waals surface area contributed by atoms with E-state index in [9.17, 15) is 9.59 Å². The average molecular weight is 316 g/mol. The van der Waals surface area contributed by atoms with E-state index in [4.69, 9.17) is 4.74 Å². The molecule has 0 unspecified atom stereocenters. The van der Waals surface area contributed by atoms with Gasteiger partial charge in [-0.3, -0.25) is 0 Å². The molecule has 0 radical (unpaired) electrons. The maximum Gasteiger partial charge on any atom is 0.330 e. The fourth-order valence-corrected chi connectivity index (χ4v) is 2.70. The zero-order chi connectivity index (χ0) is 16.5. The first-order valence-corrected chi connectivity index (χ1v) is 8.20. The summed E-state index contributed by atoms with van der Waals surface area (Å²) in [6.07, 6.45) is 8.68. The first kappa shape index (κ1) is 17.1. The van der Waals surface area contributed by atoms with Crippen LogP contribution in [-0.4, -0.2) is 24.6 Å². The summed E-state index contributed by atoms with van der Waals surface area (Å²) in [6, 6.07) is 7.41. The number of ether oxygens (including phenoxy) is 1. The lowest BCUT2D eigenvalue weighted by atomic mass is 9.96. The second kappa shape index (κ2) is 8.98. The third-order valence-electron chi connectivity index (χ3n) is 3.83. The Hall–Kier alpha value is -2.30. The molecule has 1 fully saturated rings. The molecule has 0 spiro atoms. The molecule has 124 valence electrons. The largest absolute Gasteiger partial charge is 0.463 e. The van der Waals surface area contributed by atoms with E-state index in [-0.39, 0.29) is 12.1 Å². The van der Waals surface area contributed by atoms with Crippen LogP contribution >= 0.6 is 0 Å². The van der Waals surface area contributed by atoms with Crippen molar-refractivity contribution >= 4 is 23.8 Å². The Labute approximate surface area is 137 Å². The van der Waals surface area contributed by atoms with Gasteiger partial charge >= 0.3 is 12.0 Å². The van der Waals surface area contributed by atoms with Crippen molar-refractivity contribution in [2.75, 3.05) is 11.9 Å². The van der Waals surface area contributed by atoms with Crippen LogP contribution in [0.15, 0.2) is 30.3 Å². The average Bonchev–Trinajstić information content (AvgIpc) is 2.55. The van der Waals surface area contributed by atoms with Gasteiger partial charge in [-0.15, -0.1) is 0 Å². The first-order chi connectivity index (χ1) is 11.2. The number of para-hydroxylation sites is 1. The van der Waals surface area contributed by atoms with Gasteiger partial charge in [0, 0.05) is 17.8 Å². The maximum atomic E-state index is 12.1. The molecular weight excluding hydrogens is 292 g/mol. The Bertz CT molecular complexity index is 563. The van der Waals surface area contributed by atoms with Crippen molar-refractivity contribution in [2.45, 2.75) is 45.1 Å². The molecule has 2 rings (SSSR count). The Morgan fingerprint density at radius 2 is 1.96 bits per heavy atom. The molecule has 0 aliphatic heterocycles. The normalized spacial score (nSPS) is 15.3. The standard InChI is InChI=1S/C18H24N2O3/c1-2-23-17(21)13-12-14-8-6-7-11-16(14)20-18(22)19-15-9-4-3-5-10-15/h6-8,11-13,15H,2-5,9-10H2,1H3,(H2,19,20,22)/b13-12+. The predicted octanol–water partition coefficient (Wildman–Crippen LogP) is 3.72. The number of urea groups is 1. The van der Waals surface area contributed by atoms with Crippen LogP contribution in [0.3, 0.4) is 0 Å². The summed E-state index contributed by atoms with van der Waals surface area (Å²) in [5.74, 6) is -0.394. The minimum Gasteiger partial charge on any atom is -0.463 e. The second-order valence-electron chi connectivity index (χ2n) is 5.61. The highest BCUT2D eigenvalue weighted by Crippen LogP contribution is 2.19. The van der Waals surface area contributed by atoms with Gasteiger partial charge in [0.1, 0.15) is 0 Å². The minimum atomic E-state index is -0.394. The van der Waals surface area contributed by atoms with Crippen LogP contribution in [-0.2, 0) is 9.53 Å². The maximum absolute atomic E-state index is 12.1. The van der Waals surface area contributed by atoms with Crippen LogP contribution in [0.25, 0.3) is 6.08 Å². The number of amides is 2. The van der Waals surface area contributed by atoms with Crippen molar-refractivity contribution in [2.24, 2.45) is 0 Å². The van der Waals surface area contributed by atoms with Crippen molar-refractivity contribution in [1.82, 2.24) is 5.32 Å². The molecule has 1 aromatic carbocycles. The summed E-state index contributed by atoms with van der Waals surface area (Å²) < 4.78 is 4.86. The molecule has 1 aliphatic carbocycles. The summed E-state index contributed by atoms with van der Waals surface area (Å²) in [7, 11) is 0. The Kier molecular flexibility index (Phi) is 6.66. The number of carbonyl (C=O) groups is 2. The lowest BCUT2D eigenvalue weighted by Gasteiger charge is -2.23. The van der Waals surface area contributed by atoms with Gasteiger partial charge in [-0.05, 0) is 37.5 Å². The predicted molar refractivity (Wildman–Crippen MR) is 91.1 cm³/mol. The van der Waals surface area contributed by atoms with Crippen molar-refractivity contribution in [3.8, 4) is 0 Å². The lowest BCUT2D eigenvalue weighted by Crippen LogP contribution is -2.39. The van der Waals surface area contributed by atoms with Gasteiger partial charge in [-0.1, -0.05) is 37.5 Å². The topological polar surface area (TPSA) is 67.4 Å². The number of hydrogen-bond acceptors (Lipinski definition) is 3. The number of hydrogen-bond donors (Lipinski definition) is 2. The minimum absolute atomic E-state index is 0.200. The molecule has 0 heterocycles. The fraction of sp³-hybridized carbons (Fsp3) is 0.444. The molecule has 23 heavy (non-hydrogen) atoms. The van der Waals surface area contributed by atoms with Crippen molar-refractivity contribution < 1.29 is 14.3 Å². The van der Waals surface area contributed by atoms with E-state index in [1.807, 2.05) is 24.3 Å². The van der Waals surface area contributed by atoms with Crippen molar-refractivity contribution in [1.29, 1.82) is 0 Å². The zero-order valence-corrected chi connectivity index (χ0v) is 13.5. The molecule has 0 bridgehead atoms. The summed E-state index contributed by atoms with van der Waals surface area (Å²) in [6.45, 7) is 2.10. The summed E-state index contributed by atoms with van der Waals surface area (Å²) >= 11 is 0. The van der Waals surface area contributed by atoms with Crippen molar-refractivity contribution in [3.05, 3.63) is 35.9 Å². The van der Waals surface area contributed by atoms with Crippen LogP contribution < -0.4 is 10.6 Å². The monoisotopic (exact) mass is 316 g/mol. The molecule has 0 aromatic heterocycles. The molecule has 5 heteroatoms. The van der Waals surface area contributed by atoms with Gasteiger partial charge in [0.25, 0.3) is 0 Å². The molecule has 2 amide bonds. The van der Waals surface area contributed by atoms with Crippen LogP contribution in [0.4, 0.5) is 10.5 Å². The quantitative estimate of drug-likeness (QED) is 0.642. The van der Waals surface area contributed by atoms with Gasteiger partial charge in [0.05, 0.1) is 6.61 Å². The molecule has 0 atom stereocenters. The fourth-order valence-electron chi connectivity index (χ4n) is 2.70. The number of rotatable bonds is 5. The molecule has 2 N–H and O–H groups in total. The molecule has 0 saturated heterocycles. The number of nitrogens with one attached hydrogen (secondary N) is 2. The highest BCUT2D eigenvalue weighted by Gasteiger charge is 2.15. The summed E-state index contributed by atoms with van der Waals surface area (Å²) in [5, 5.41) is 5.87. The Morgan fingerprint density at radius 1 is 1.22 bits per heavy atom. The third-order valence-corrected chi connectivity index (χ3v) is 3.83. The van der Waals surface area contributed by atoms with Crippen LogP contribution in [0.2, 0.25) is 0 Å². The number of benzene rings is 1. The van der Waals surface area contributed by atoms with Gasteiger partial charge in [-0.2, -0.15) is 0 Å². The first-order valence-electron chi connectivity index (χ1n) is 8.20.